The molecule has 0 amide bonds. The molecule has 6 heteroatoms. The molecule has 2 N–H and O–H groups in total. The van der Waals surface area contributed by atoms with Crippen molar-refractivity contribution in [1.29, 1.82) is 0 Å². The van der Waals surface area contributed by atoms with Gasteiger partial charge in [0, 0.05) is 12.1 Å². The quantitative estimate of drug-likeness (QED) is 0.462. The van der Waals surface area contributed by atoms with Crippen molar-refractivity contribution < 1.29 is 13.9 Å². The lowest BCUT2D eigenvalue weighted by molar-refractivity contribution is 0.279. The van der Waals surface area contributed by atoms with Gasteiger partial charge in [0.05, 0.1) is 24.7 Å². The number of halogens is 1. The summed E-state index contributed by atoms with van der Waals surface area (Å²) in [5.41, 5.74) is 3.55. The summed E-state index contributed by atoms with van der Waals surface area (Å²) in [5.74, 6) is 1.81. The van der Waals surface area contributed by atoms with Crippen molar-refractivity contribution in [3.63, 3.8) is 0 Å². The van der Waals surface area contributed by atoms with E-state index < -0.39 is 0 Å². The van der Waals surface area contributed by atoms with Crippen LogP contribution in [0.5, 0.6) is 11.5 Å². The van der Waals surface area contributed by atoms with Crippen molar-refractivity contribution in [3.05, 3.63) is 89.5 Å². The minimum atomic E-state index is -0.280. The summed E-state index contributed by atoms with van der Waals surface area (Å²) < 4.78 is 25.0. The Morgan fingerprint density at radius 3 is 2.62 bits per heavy atom. The fourth-order valence-electron chi connectivity index (χ4n) is 3.13. The Kier molecular flexibility index (Phi) is 5.72. The van der Waals surface area contributed by atoms with Crippen molar-refractivity contribution in [2.45, 2.75) is 19.7 Å². The summed E-state index contributed by atoms with van der Waals surface area (Å²) in [5, 5.41) is 3.38. The number of aromatic amines is 1. The molecule has 0 atom stereocenters. The number of hydrogen-bond donors (Lipinski definition) is 2. The maximum atomic E-state index is 13.8. The van der Waals surface area contributed by atoms with Crippen LogP contribution in [0.3, 0.4) is 0 Å². The molecular weight excluding hydrogens is 369 g/mol. The largest absolute Gasteiger partial charge is 0.493 e. The van der Waals surface area contributed by atoms with Gasteiger partial charge in [-0.3, -0.25) is 0 Å². The van der Waals surface area contributed by atoms with Gasteiger partial charge in [-0.1, -0.05) is 36.4 Å². The van der Waals surface area contributed by atoms with Gasteiger partial charge >= 0.3 is 0 Å². The van der Waals surface area contributed by atoms with Crippen LogP contribution in [0.2, 0.25) is 0 Å². The number of nitrogens with one attached hydrogen (secondary N) is 2. The fraction of sp³-hybridized carbons (Fsp3) is 0.174. The van der Waals surface area contributed by atoms with Gasteiger partial charge in [-0.2, -0.15) is 0 Å². The third-order valence-electron chi connectivity index (χ3n) is 4.63. The number of nitrogens with zero attached hydrogens (tertiary/aromatic N) is 1. The number of hydrogen-bond acceptors (Lipinski definition) is 4. The molecule has 0 saturated heterocycles. The number of H-pyrrole nitrogens is 1. The van der Waals surface area contributed by atoms with Crippen LogP contribution < -0.4 is 14.8 Å². The van der Waals surface area contributed by atoms with Crippen molar-refractivity contribution in [3.8, 4) is 11.5 Å². The van der Waals surface area contributed by atoms with E-state index in [1.807, 2.05) is 42.5 Å². The van der Waals surface area contributed by atoms with Gasteiger partial charge in [-0.25, -0.2) is 9.37 Å². The molecule has 5 nitrogen and oxygen atoms in total. The van der Waals surface area contributed by atoms with Gasteiger partial charge < -0.3 is 19.8 Å². The lowest BCUT2D eigenvalue weighted by atomic mass is 10.2. The number of fused-ring (bicyclic) bond motifs is 1. The van der Waals surface area contributed by atoms with Crippen molar-refractivity contribution in [2.75, 3.05) is 7.11 Å². The van der Waals surface area contributed by atoms with Crippen molar-refractivity contribution in [2.24, 2.45) is 0 Å². The number of para-hydroxylation sites is 2. The van der Waals surface area contributed by atoms with Crippen molar-refractivity contribution in [1.82, 2.24) is 15.3 Å². The predicted octanol–water partition coefficient (Wildman–Crippen LogP) is 4.58. The zero-order valence-electron chi connectivity index (χ0n) is 16.1. The van der Waals surface area contributed by atoms with Crippen LogP contribution in [-0.2, 0) is 19.7 Å². The van der Waals surface area contributed by atoms with E-state index in [9.17, 15) is 4.39 Å². The molecule has 1 aromatic heterocycles. The maximum Gasteiger partial charge on any atom is 0.161 e. The second-order valence-electron chi connectivity index (χ2n) is 6.67. The van der Waals surface area contributed by atoms with E-state index in [4.69, 9.17) is 9.47 Å². The molecule has 29 heavy (non-hydrogen) atoms. The number of aromatic nitrogens is 2. The van der Waals surface area contributed by atoms with Crippen LogP contribution in [0.25, 0.3) is 11.0 Å². The summed E-state index contributed by atoms with van der Waals surface area (Å²) in [7, 11) is 1.59. The van der Waals surface area contributed by atoms with Gasteiger partial charge in [-0.15, -0.1) is 0 Å². The van der Waals surface area contributed by atoms with E-state index in [0.717, 1.165) is 22.4 Å². The number of benzene rings is 3. The maximum absolute atomic E-state index is 13.8. The molecule has 148 valence electrons. The minimum absolute atomic E-state index is 0.146. The third kappa shape index (κ3) is 4.55. The van der Waals surface area contributed by atoms with E-state index >= 15 is 0 Å². The van der Waals surface area contributed by atoms with Crippen LogP contribution in [0.15, 0.2) is 66.7 Å². The number of ether oxygens (including phenoxy) is 2. The number of methoxy groups -OCH3 is 1. The molecule has 0 aliphatic rings. The minimum Gasteiger partial charge on any atom is -0.493 e. The molecule has 3 aromatic carbocycles. The Morgan fingerprint density at radius 1 is 0.966 bits per heavy atom. The molecular formula is C23H22FN3O2. The van der Waals surface area contributed by atoms with Gasteiger partial charge in [0.15, 0.2) is 11.5 Å². The molecule has 0 bridgehead atoms. The monoisotopic (exact) mass is 391 g/mol. The van der Waals surface area contributed by atoms with E-state index in [1.54, 1.807) is 25.3 Å². The van der Waals surface area contributed by atoms with E-state index in [-0.39, 0.29) is 12.4 Å². The Bertz CT molecular complexity index is 1080. The number of imidazole rings is 1. The Labute approximate surface area is 168 Å². The molecule has 0 radical (unpaired) electrons. The lowest BCUT2D eigenvalue weighted by Crippen LogP contribution is -2.13. The normalized spacial score (nSPS) is 11.0. The summed E-state index contributed by atoms with van der Waals surface area (Å²) in [6.07, 6.45) is 0. The van der Waals surface area contributed by atoms with Gasteiger partial charge in [0.1, 0.15) is 18.2 Å². The highest BCUT2D eigenvalue weighted by atomic mass is 19.1. The van der Waals surface area contributed by atoms with Crippen LogP contribution in [0.4, 0.5) is 4.39 Å². The first-order valence-corrected chi connectivity index (χ1v) is 9.40. The van der Waals surface area contributed by atoms with Crippen LogP contribution in [0.1, 0.15) is 17.0 Å². The third-order valence-corrected chi connectivity index (χ3v) is 4.63. The lowest BCUT2D eigenvalue weighted by Gasteiger charge is -2.13. The van der Waals surface area contributed by atoms with E-state index in [0.29, 0.717) is 30.2 Å². The zero-order chi connectivity index (χ0) is 20.1. The molecule has 0 saturated carbocycles. The molecule has 1 heterocycles. The fourth-order valence-corrected chi connectivity index (χ4v) is 3.13. The summed E-state index contributed by atoms with van der Waals surface area (Å²) >= 11 is 0. The van der Waals surface area contributed by atoms with Gasteiger partial charge in [-0.05, 0) is 35.9 Å². The molecule has 4 rings (SSSR count). The summed E-state index contributed by atoms with van der Waals surface area (Å²) in [4.78, 5) is 7.86. The highest BCUT2D eigenvalue weighted by Crippen LogP contribution is 2.29. The van der Waals surface area contributed by atoms with Crippen LogP contribution in [0, 0.1) is 5.82 Å². The molecule has 0 unspecified atom stereocenters. The standard InChI is InChI=1S/C23H22FN3O2/c1-28-22-12-16(10-11-21(22)29-15-17-6-2-3-7-18(17)24)13-25-14-23-26-19-8-4-5-9-20(19)27-23/h2-12,25H,13-15H2,1H3,(H,26,27). The first kappa shape index (κ1) is 19.0. The first-order valence-electron chi connectivity index (χ1n) is 9.40. The van der Waals surface area contributed by atoms with E-state index in [2.05, 4.69) is 15.3 Å². The van der Waals surface area contributed by atoms with Crippen molar-refractivity contribution >= 4 is 11.0 Å². The molecule has 0 spiro atoms. The Morgan fingerprint density at radius 2 is 1.79 bits per heavy atom. The van der Waals surface area contributed by atoms with Gasteiger partial charge in [0.25, 0.3) is 0 Å². The Hall–Kier alpha value is -3.38. The summed E-state index contributed by atoms with van der Waals surface area (Å²) in [6, 6.07) is 20.3. The summed E-state index contributed by atoms with van der Waals surface area (Å²) in [6.45, 7) is 1.43. The second-order valence-corrected chi connectivity index (χ2v) is 6.67. The van der Waals surface area contributed by atoms with E-state index in [1.165, 1.54) is 6.07 Å². The molecule has 4 aromatic rings. The topological polar surface area (TPSA) is 59.2 Å². The van der Waals surface area contributed by atoms with Gasteiger partial charge in [0.2, 0.25) is 0 Å². The zero-order valence-corrected chi connectivity index (χ0v) is 16.1. The smallest absolute Gasteiger partial charge is 0.161 e. The Balaban J connectivity index is 1.36. The first-order chi connectivity index (χ1) is 14.2. The number of rotatable bonds is 8. The second kappa shape index (κ2) is 8.75. The SMILES string of the molecule is COc1cc(CNCc2nc3ccccc3[nH]2)ccc1OCc1ccccc1F. The highest BCUT2D eigenvalue weighted by molar-refractivity contribution is 5.74. The predicted molar refractivity (Wildman–Crippen MR) is 110 cm³/mol. The molecule has 0 fully saturated rings. The average molecular weight is 391 g/mol. The molecule has 0 aliphatic heterocycles. The highest BCUT2D eigenvalue weighted by Gasteiger charge is 2.08. The average Bonchev–Trinajstić information content (AvgIpc) is 3.16. The molecule has 0 aliphatic carbocycles. The van der Waals surface area contributed by atoms with Crippen LogP contribution in [-0.4, -0.2) is 17.1 Å². The van der Waals surface area contributed by atoms with Crippen LogP contribution >= 0.6 is 0 Å².